The minimum absolute atomic E-state index is 0.132. The van der Waals surface area contributed by atoms with Crippen LogP contribution in [-0.2, 0) is 0 Å². The first kappa shape index (κ1) is 15.9. The zero-order chi connectivity index (χ0) is 16.1. The number of amides is 2. The van der Waals surface area contributed by atoms with Crippen LogP contribution in [0, 0.1) is 0 Å². The van der Waals surface area contributed by atoms with E-state index >= 15 is 0 Å². The van der Waals surface area contributed by atoms with E-state index in [1.54, 1.807) is 4.90 Å². The highest BCUT2D eigenvalue weighted by atomic mass is 35.5. The summed E-state index contributed by atoms with van der Waals surface area (Å²) in [7, 11) is 0. The van der Waals surface area contributed by atoms with Crippen LogP contribution in [0.4, 0.5) is 10.5 Å². The highest BCUT2D eigenvalue weighted by Crippen LogP contribution is 2.34. The molecule has 0 saturated heterocycles. The molecule has 1 unspecified atom stereocenters. The minimum Gasteiger partial charge on any atom is -0.308 e. The van der Waals surface area contributed by atoms with Crippen LogP contribution in [0.2, 0.25) is 0 Å². The maximum Gasteiger partial charge on any atom is 0.323 e. The number of alkyl halides is 1. The number of carbonyl (C=O) groups is 1. The van der Waals surface area contributed by atoms with Gasteiger partial charge in [0.15, 0.2) is 0 Å². The summed E-state index contributed by atoms with van der Waals surface area (Å²) in [6.07, 6.45) is 4.33. The van der Waals surface area contributed by atoms with Gasteiger partial charge in [-0.1, -0.05) is 73.0 Å². The van der Waals surface area contributed by atoms with Crippen molar-refractivity contribution in [1.29, 1.82) is 0 Å². The number of halogens is 1. The van der Waals surface area contributed by atoms with Gasteiger partial charge in [0, 0.05) is 11.7 Å². The van der Waals surface area contributed by atoms with Crippen molar-refractivity contribution in [3.63, 3.8) is 0 Å². The molecule has 120 valence electrons. The summed E-state index contributed by atoms with van der Waals surface area (Å²) >= 11 is 6.68. The standard InChI is InChI=1S/C19H21ClN2O/c20-18(15-9-3-1-4-10-15)22(17-13-7-8-14-17)19(23)21-16-11-5-2-6-12-16/h1-6,9-12,17-18H,7-8,13-14H2,(H,21,23). The van der Waals surface area contributed by atoms with E-state index in [1.165, 1.54) is 0 Å². The van der Waals surface area contributed by atoms with Crippen molar-refractivity contribution in [2.24, 2.45) is 0 Å². The second kappa shape index (κ2) is 7.51. The van der Waals surface area contributed by atoms with Gasteiger partial charge in [-0.25, -0.2) is 4.79 Å². The molecule has 1 atom stereocenters. The first-order valence-electron chi connectivity index (χ1n) is 8.09. The molecule has 4 heteroatoms. The Balaban J connectivity index is 1.81. The molecule has 0 aromatic heterocycles. The van der Waals surface area contributed by atoms with E-state index in [2.05, 4.69) is 5.32 Å². The van der Waals surface area contributed by atoms with Crippen molar-refractivity contribution in [3.05, 3.63) is 66.2 Å². The molecule has 2 aromatic rings. The number of anilines is 1. The van der Waals surface area contributed by atoms with Crippen LogP contribution in [-0.4, -0.2) is 17.0 Å². The average molecular weight is 329 g/mol. The predicted molar refractivity (Wildman–Crippen MR) is 94.6 cm³/mol. The summed E-state index contributed by atoms with van der Waals surface area (Å²) < 4.78 is 0. The third-order valence-electron chi connectivity index (χ3n) is 4.30. The Hall–Kier alpha value is -2.00. The topological polar surface area (TPSA) is 32.3 Å². The van der Waals surface area contributed by atoms with Crippen molar-refractivity contribution >= 4 is 23.3 Å². The summed E-state index contributed by atoms with van der Waals surface area (Å²) in [5.74, 6) is 0. The number of rotatable bonds is 4. The fraction of sp³-hybridized carbons (Fsp3) is 0.316. The molecule has 0 heterocycles. The van der Waals surface area contributed by atoms with Crippen molar-refractivity contribution in [3.8, 4) is 0 Å². The second-order valence-electron chi connectivity index (χ2n) is 5.89. The Morgan fingerprint density at radius 1 is 1.00 bits per heavy atom. The van der Waals surface area contributed by atoms with Crippen LogP contribution < -0.4 is 5.32 Å². The van der Waals surface area contributed by atoms with Gasteiger partial charge < -0.3 is 10.2 Å². The molecule has 3 rings (SSSR count). The van der Waals surface area contributed by atoms with Crippen molar-refractivity contribution in [2.45, 2.75) is 37.2 Å². The maximum atomic E-state index is 12.8. The molecule has 2 aromatic carbocycles. The number of hydrogen-bond donors (Lipinski definition) is 1. The Bertz CT molecular complexity index is 626. The Kier molecular flexibility index (Phi) is 5.19. The molecule has 3 nitrogen and oxygen atoms in total. The van der Waals surface area contributed by atoms with Gasteiger partial charge in [-0.15, -0.1) is 0 Å². The van der Waals surface area contributed by atoms with Crippen molar-refractivity contribution in [1.82, 2.24) is 4.90 Å². The van der Waals surface area contributed by atoms with E-state index in [-0.39, 0.29) is 12.1 Å². The van der Waals surface area contributed by atoms with Crippen molar-refractivity contribution in [2.75, 3.05) is 5.32 Å². The van der Waals surface area contributed by atoms with Gasteiger partial charge in [0.05, 0.1) is 0 Å². The lowest BCUT2D eigenvalue weighted by Gasteiger charge is -2.33. The normalized spacial score (nSPS) is 16.0. The van der Waals surface area contributed by atoms with Gasteiger partial charge in [0.2, 0.25) is 0 Å². The number of urea groups is 1. The Morgan fingerprint density at radius 3 is 2.17 bits per heavy atom. The fourth-order valence-corrected chi connectivity index (χ4v) is 3.51. The number of nitrogens with zero attached hydrogens (tertiary/aromatic N) is 1. The summed E-state index contributed by atoms with van der Waals surface area (Å²) in [5, 5.41) is 2.97. The van der Waals surface area contributed by atoms with Crippen LogP contribution in [0.25, 0.3) is 0 Å². The van der Waals surface area contributed by atoms with E-state index in [0.29, 0.717) is 0 Å². The molecule has 0 bridgehead atoms. The number of hydrogen-bond acceptors (Lipinski definition) is 1. The molecule has 0 spiro atoms. The van der Waals surface area contributed by atoms with Gasteiger partial charge in [0.1, 0.15) is 5.50 Å². The van der Waals surface area contributed by atoms with E-state index in [1.807, 2.05) is 60.7 Å². The van der Waals surface area contributed by atoms with E-state index in [0.717, 1.165) is 36.9 Å². The zero-order valence-electron chi connectivity index (χ0n) is 13.0. The van der Waals surface area contributed by atoms with Gasteiger partial charge in [-0.3, -0.25) is 0 Å². The largest absolute Gasteiger partial charge is 0.323 e. The fourth-order valence-electron chi connectivity index (χ4n) is 3.12. The lowest BCUT2D eigenvalue weighted by molar-refractivity contribution is 0.180. The Labute approximate surface area is 142 Å². The number of carbonyl (C=O) groups excluding carboxylic acids is 1. The summed E-state index contributed by atoms with van der Waals surface area (Å²) in [6.45, 7) is 0. The molecule has 1 aliphatic rings. The third-order valence-corrected chi connectivity index (χ3v) is 4.76. The smallest absolute Gasteiger partial charge is 0.308 e. The molecular weight excluding hydrogens is 308 g/mol. The number of benzene rings is 2. The number of para-hydroxylation sites is 1. The monoisotopic (exact) mass is 328 g/mol. The number of nitrogens with one attached hydrogen (secondary N) is 1. The van der Waals surface area contributed by atoms with Gasteiger partial charge in [0.25, 0.3) is 0 Å². The van der Waals surface area contributed by atoms with Crippen LogP contribution in [0.1, 0.15) is 36.7 Å². The predicted octanol–water partition coefficient (Wildman–Crippen LogP) is 5.40. The molecule has 0 radical (unpaired) electrons. The van der Waals surface area contributed by atoms with Crippen LogP contribution in [0.5, 0.6) is 0 Å². The summed E-state index contributed by atoms with van der Waals surface area (Å²) in [5.41, 5.74) is 1.28. The van der Waals surface area contributed by atoms with Crippen LogP contribution >= 0.6 is 11.6 Å². The molecular formula is C19H21ClN2O. The lowest BCUT2D eigenvalue weighted by atomic mass is 10.1. The van der Waals surface area contributed by atoms with E-state index in [4.69, 9.17) is 11.6 Å². The molecule has 2 amide bonds. The first-order chi connectivity index (χ1) is 11.3. The van der Waals surface area contributed by atoms with Gasteiger partial charge in [-0.05, 0) is 30.5 Å². The van der Waals surface area contributed by atoms with Crippen molar-refractivity contribution < 1.29 is 4.79 Å². The summed E-state index contributed by atoms with van der Waals surface area (Å²) in [4.78, 5) is 14.6. The van der Waals surface area contributed by atoms with Gasteiger partial charge >= 0.3 is 6.03 Å². The molecule has 0 aliphatic heterocycles. The molecule has 23 heavy (non-hydrogen) atoms. The van der Waals surface area contributed by atoms with Crippen LogP contribution in [0.3, 0.4) is 0 Å². The minimum atomic E-state index is -0.456. The Morgan fingerprint density at radius 2 is 1.57 bits per heavy atom. The quantitative estimate of drug-likeness (QED) is 0.591. The lowest BCUT2D eigenvalue weighted by Crippen LogP contribution is -2.42. The third kappa shape index (κ3) is 3.85. The van der Waals surface area contributed by atoms with E-state index in [9.17, 15) is 4.79 Å². The highest BCUT2D eigenvalue weighted by molar-refractivity contribution is 6.21. The summed E-state index contributed by atoms with van der Waals surface area (Å²) in [6, 6.07) is 19.4. The molecule has 1 aliphatic carbocycles. The maximum absolute atomic E-state index is 12.8. The van der Waals surface area contributed by atoms with E-state index < -0.39 is 5.50 Å². The molecule has 1 saturated carbocycles. The zero-order valence-corrected chi connectivity index (χ0v) is 13.7. The first-order valence-corrected chi connectivity index (χ1v) is 8.53. The molecule has 1 N–H and O–H groups in total. The second-order valence-corrected chi connectivity index (χ2v) is 6.30. The average Bonchev–Trinajstić information content (AvgIpc) is 3.11. The van der Waals surface area contributed by atoms with Gasteiger partial charge in [-0.2, -0.15) is 0 Å². The molecule has 1 fully saturated rings. The SMILES string of the molecule is O=C(Nc1ccccc1)N(C1CCCC1)C(Cl)c1ccccc1. The van der Waals surface area contributed by atoms with Crippen LogP contribution in [0.15, 0.2) is 60.7 Å². The highest BCUT2D eigenvalue weighted by Gasteiger charge is 2.32.